The number of nitrogens with zero attached hydrogens (tertiary/aromatic N) is 1. The van der Waals surface area contributed by atoms with Gasteiger partial charge in [-0.2, -0.15) is 0 Å². The lowest BCUT2D eigenvalue weighted by atomic mass is 10.0. The van der Waals surface area contributed by atoms with Gasteiger partial charge < -0.3 is 5.11 Å². The predicted octanol–water partition coefficient (Wildman–Crippen LogP) is 2.18. The molecule has 0 saturated carbocycles. The second kappa shape index (κ2) is 7.59. The van der Waals surface area contributed by atoms with Crippen molar-refractivity contribution >= 4 is 44.6 Å². The molecule has 0 radical (unpaired) electrons. The van der Waals surface area contributed by atoms with Gasteiger partial charge in [0.05, 0.1) is 11.6 Å². The van der Waals surface area contributed by atoms with Crippen LogP contribution in [-0.2, 0) is 10.0 Å². The molecule has 2 rings (SSSR count). The number of likely N-dealkylation sites (tertiary alicyclic amines) is 1. The second-order valence-electron chi connectivity index (χ2n) is 4.95. The van der Waals surface area contributed by atoms with E-state index in [0.717, 1.165) is 37.1 Å². The zero-order valence-electron chi connectivity index (χ0n) is 11.4. The summed E-state index contributed by atoms with van der Waals surface area (Å²) in [4.78, 5) is 2.13. The molecule has 5 nitrogen and oxygen atoms in total. The number of hydrogen-bond acceptors (Lipinski definition) is 5. The summed E-state index contributed by atoms with van der Waals surface area (Å²) in [6.45, 7) is 1.88. The number of rotatable bonds is 6. The van der Waals surface area contributed by atoms with Crippen LogP contribution in [0.1, 0.15) is 19.3 Å². The summed E-state index contributed by atoms with van der Waals surface area (Å²) in [5.74, 6) is 0. The van der Waals surface area contributed by atoms with E-state index in [2.05, 4.69) is 9.62 Å². The molecule has 1 aromatic rings. The lowest BCUT2D eigenvalue weighted by Gasteiger charge is -2.34. The summed E-state index contributed by atoms with van der Waals surface area (Å²) < 4.78 is 27.2. The SMILES string of the molecule is O=S(=O)(NCCN1CCCC[C@H]1CO)c1cc(Cl)c(Cl)s1. The van der Waals surface area contributed by atoms with Gasteiger partial charge in [0.15, 0.2) is 0 Å². The molecule has 1 saturated heterocycles. The monoisotopic (exact) mass is 372 g/mol. The minimum Gasteiger partial charge on any atom is -0.395 e. The van der Waals surface area contributed by atoms with Crippen LogP contribution in [0.3, 0.4) is 0 Å². The Labute approximate surface area is 138 Å². The number of aliphatic hydroxyl groups excluding tert-OH is 1. The average molecular weight is 373 g/mol. The van der Waals surface area contributed by atoms with E-state index in [9.17, 15) is 13.5 Å². The second-order valence-corrected chi connectivity index (χ2v) is 9.01. The normalized spacial score (nSPS) is 20.8. The van der Waals surface area contributed by atoms with E-state index in [-0.39, 0.29) is 26.2 Å². The quantitative estimate of drug-likeness (QED) is 0.802. The fraction of sp³-hybridized carbons (Fsp3) is 0.667. The Hall–Kier alpha value is 0.110. The van der Waals surface area contributed by atoms with Crippen LogP contribution in [0.2, 0.25) is 9.36 Å². The summed E-state index contributed by atoms with van der Waals surface area (Å²) in [6, 6.07) is 1.49. The molecule has 2 N–H and O–H groups in total. The first-order chi connectivity index (χ1) is 9.94. The number of nitrogens with one attached hydrogen (secondary N) is 1. The van der Waals surface area contributed by atoms with Gasteiger partial charge in [-0.05, 0) is 25.5 Å². The standard InChI is InChI=1S/C12H18Cl2N2O3S2/c13-10-7-11(20-12(10)14)21(18,19)15-4-6-16-5-2-1-3-9(16)8-17/h7,9,15,17H,1-6,8H2/t9-/m0/s1. The molecule has 21 heavy (non-hydrogen) atoms. The van der Waals surface area contributed by atoms with Crippen LogP contribution in [-0.4, -0.2) is 50.7 Å². The van der Waals surface area contributed by atoms with Crippen LogP contribution in [0.25, 0.3) is 0 Å². The fourth-order valence-corrected chi connectivity index (χ4v) is 5.36. The number of halogens is 2. The predicted molar refractivity (Wildman–Crippen MR) is 85.8 cm³/mol. The minimum atomic E-state index is -3.58. The molecule has 0 spiro atoms. The van der Waals surface area contributed by atoms with E-state index in [0.29, 0.717) is 13.1 Å². The summed E-state index contributed by atoms with van der Waals surface area (Å²) >= 11 is 12.5. The number of thiophene rings is 1. The Morgan fingerprint density at radius 3 is 2.81 bits per heavy atom. The van der Waals surface area contributed by atoms with E-state index in [1.165, 1.54) is 6.07 Å². The topological polar surface area (TPSA) is 69.6 Å². The highest BCUT2D eigenvalue weighted by Crippen LogP contribution is 2.34. The lowest BCUT2D eigenvalue weighted by molar-refractivity contribution is 0.0923. The molecule has 1 aliphatic rings. The van der Waals surface area contributed by atoms with Crippen molar-refractivity contribution in [2.24, 2.45) is 0 Å². The third-order valence-electron chi connectivity index (χ3n) is 3.54. The molecule has 9 heteroatoms. The highest BCUT2D eigenvalue weighted by molar-refractivity contribution is 7.91. The molecule has 0 bridgehead atoms. The summed E-state index contributed by atoms with van der Waals surface area (Å²) in [5, 5.41) is 9.57. The summed E-state index contributed by atoms with van der Waals surface area (Å²) in [7, 11) is -3.58. The van der Waals surface area contributed by atoms with Gasteiger partial charge in [0.25, 0.3) is 0 Å². The molecule has 1 aliphatic heterocycles. The molecule has 1 atom stereocenters. The van der Waals surface area contributed by atoms with Gasteiger partial charge in [0, 0.05) is 19.1 Å². The number of piperidine rings is 1. The maximum absolute atomic E-state index is 12.1. The Morgan fingerprint density at radius 1 is 1.43 bits per heavy atom. The van der Waals surface area contributed by atoms with E-state index < -0.39 is 10.0 Å². The van der Waals surface area contributed by atoms with Gasteiger partial charge in [0.2, 0.25) is 10.0 Å². The largest absolute Gasteiger partial charge is 0.395 e. The Kier molecular flexibility index (Phi) is 6.31. The average Bonchev–Trinajstić information content (AvgIpc) is 2.80. The first-order valence-electron chi connectivity index (χ1n) is 6.73. The smallest absolute Gasteiger partial charge is 0.250 e. The van der Waals surface area contributed by atoms with Crippen molar-refractivity contribution < 1.29 is 13.5 Å². The van der Waals surface area contributed by atoms with Gasteiger partial charge in [0.1, 0.15) is 8.55 Å². The summed E-state index contributed by atoms with van der Waals surface area (Å²) in [6.07, 6.45) is 3.15. The number of hydrogen-bond donors (Lipinski definition) is 2. The van der Waals surface area contributed by atoms with E-state index in [1.54, 1.807) is 0 Å². The van der Waals surface area contributed by atoms with Gasteiger partial charge in [-0.3, -0.25) is 4.90 Å². The molecule has 120 valence electrons. The van der Waals surface area contributed by atoms with Crippen molar-refractivity contribution in [1.29, 1.82) is 0 Å². The highest BCUT2D eigenvalue weighted by atomic mass is 35.5. The van der Waals surface area contributed by atoms with Crippen molar-refractivity contribution in [2.75, 3.05) is 26.2 Å². The Morgan fingerprint density at radius 2 is 2.19 bits per heavy atom. The van der Waals surface area contributed by atoms with E-state index in [4.69, 9.17) is 23.2 Å². The van der Waals surface area contributed by atoms with Gasteiger partial charge >= 0.3 is 0 Å². The van der Waals surface area contributed by atoms with Crippen molar-refractivity contribution in [2.45, 2.75) is 29.5 Å². The zero-order valence-corrected chi connectivity index (χ0v) is 14.5. The number of sulfonamides is 1. The van der Waals surface area contributed by atoms with Gasteiger partial charge in [-0.1, -0.05) is 29.6 Å². The maximum atomic E-state index is 12.1. The molecule has 0 aromatic carbocycles. The van der Waals surface area contributed by atoms with Crippen molar-refractivity contribution in [3.05, 3.63) is 15.4 Å². The van der Waals surface area contributed by atoms with Crippen LogP contribution < -0.4 is 4.72 Å². The van der Waals surface area contributed by atoms with Crippen molar-refractivity contribution in [1.82, 2.24) is 9.62 Å². The maximum Gasteiger partial charge on any atom is 0.250 e. The van der Waals surface area contributed by atoms with Crippen LogP contribution in [0.15, 0.2) is 10.3 Å². The van der Waals surface area contributed by atoms with Crippen molar-refractivity contribution in [3.63, 3.8) is 0 Å². The molecule has 1 aromatic heterocycles. The Bertz CT molecular complexity index is 558. The van der Waals surface area contributed by atoms with Crippen LogP contribution >= 0.6 is 34.5 Å². The third-order valence-corrected chi connectivity index (χ3v) is 7.34. The molecule has 0 unspecified atom stereocenters. The lowest BCUT2D eigenvalue weighted by Crippen LogP contribution is -2.45. The molecule has 1 fully saturated rings. The van der Waals surface area contributed by atoms with Crippen LogP contribution in [0.4, 0.5) is 0 Å². The van der Waals surface area contributed by atoms with Gasteiger partial charge in [-0.15, -0.1) is 11.3 Å². The first kappa shape index (κ1) is 17.5. The Balaban J connectivity index is 1.90. The van der Waals surface area contributed by atoms with Crippen LogP contribution in [0, 0.1) is 0 Å². The molecular formula is C12H18Cl2N2O3S2. The van der Waals surface area contributed by atoms with Gasteiger partial charge in [-0.25, -0.2) is 13.1 Å². The third kappa shape index (κ3) is 4.54. The van der Waals surface area contributed by atoms with Crippen molar-refractivity contribution in [3.8, 4) is 0 Å². The summed E-state index contributed by atoms with van der Waals surface area (Å²) in [5.41, 5.74) is 0. The first-order valence-corrected chi connectivity index (χ1v) is 9.79. The molecule has 0 aliphatic carbocycles. The molecule has 0 amide bonds. The number of aliphatic hydroxyl groups is 1. The van der Waals surface area contributed by atoms with Crippen LogP contribution in [0.5, 0.6) is 0 Å². The molecule has 2 heterocycles. The van der Waals surface area contributed by atoms with E-state index in [1.807, 2.05) is 0 Å². The minimum absolute atomic E-state index is 0.114. The zero-order chi connectivity index (χ0) is 15.5. The fourth-order valence-electron chi connectivity index (χ4n) is 2.42. The highest BCUT2D eigenvalue weighted by Gasteiger charge is 2.23. The molecular weight excluding hydrogens is 355 g/mol. The van der Waals surface area contributed by atoms with E-state index >= 15 is 0 Å².